The lowest BCUT2D eigenvalue weighted by molar-refractivity contribution is -0.132. The van der Waals surface area contributed by atoms with Gasteiger partial charge in [0, 0.05) is 11.3 Å². The Labute approximate surface area is 226 Å². The number of nitrogens with zero attached hydrogens (tertiary/aromatic N) is 3. The summed E-state index contributed by atoms with van der Waals surface area (Å²) in [4.78, 5) is 27.9. The van der Waals surface area contributed by atoms with Crippen molar-refractivity contribution in [2.45, 2.75) is 30.0 Å². The Morgan fingerprint density at radius 2 is 1.84 bits per heavy atom. The average Bonchev–Trinajstić information content (AvgIpc) is 3.46. The molecule has 4 aromatic rings. The molecule has 1 fully saturated rings. The highest BCUT2D eigenvalue weighted by molar-refractivity contribution is 8.00. The highest BCUT2D eigenvalue weighted by Crippen LogP contribution is 2.44. The molecule has 1 saturated heterocycles. The van der Waals surface area contributed by atoms with Gasteiger partial charge >= 0.3 is 5.91 Å². The summed E-state index contributed by atoms with van der Waals surface area (Å²) in [6, 6.07) is 17.0. The van der Waals surface area contributed by atoms with Crippen LogP contribution in [0, 0.1) is 19.7 Å². The van der Waals surface area contributed by atoms with E-state index in [0.717, 1.165) is 22.5 Å². The smallest absolute Gasteiger partial charge is 0.301 e. The molecule has 10 heteroatoms. The molecule has 5 rings (SSSR count). The number of benzene rings is 3. The molecule has 0 saturated carbocycles. The van der Waals surface area contributed by atoms with E-state index in [1.165, 1.54) is 34.9 Å². The van der Waals surface area contributed by atoms with Gasteiger partial charge in [-0.1, -0.05) is 71.1 Å². The number of aliphatic hydroxyl groups is 1. The molecule has 1 aromatic heterocycles. The van der Waals surface area contributed by atoms with E-state index in [2.05, 4.69) is 10.2 Å². The van der Waals surface area contributed by atoms with Gasteiger partial charge in [0.05, 0.1) is 11.6 Å². The molecule has 38 heavy (non-hydrogen) atoms. The van der Waals surface area contributed by atoms with Crippen LogP contribution in [0.3, 0.4) is 0 Å². The molecule has 0 bridgehead atoms. The van der Waals surface area contributed by atoms with Crippen LogP contribution in [-0.2, 0) is 15.3 Å². The van der Waals surface area contributed by atoms with Crippen molar-refractivity contribution in [3.8, 4) is 5.75 Å². The summed E-state index contributed by atoms with van der Waals surface area (Å²) in [5.41, 5.74) is 2.86. The first-order valence-corrected chi connectivity index (χ1v) is 13.4. The molecular formula is C28H22FN3O4S2. The Morgan fingerprint density at radius 3 is 2.61 bits per heavy atom. The quantitative estimate of drug-likeness (QED) is 0.102. The zero-order valence-corrected chi connectivity index (χ0v) is 22.0. The third-order valence-corrected chi connectivity index (χ3v) is 8.29. The molecule has 1 atom stereocenters. The minimum atomic E-state index is -1.04. The van der Waals surface area contributed by atoms with Crippen molar-refractivity contribution in [3.05, 3.63) is 106 Å². The van der Waals surface area contributed by atoms with Crippen LogP contribution in [0.1, 0.15) is 33.9 Å². The monoisotopic (exact) mass is 547 g/mol. The molecule has 1 aliphatic heterocycles. The van der Waals surface area contributed by atoms with E-state index in [1.807, 2.05) is 19.1 Å². The lowest BCUT2D eigenvalue weighted by Crippen LogP contribution is -2.29. The van der Waals surface area contributed by atoms with E-state index in [-0.39, 0.29) is 28.0 Å². The van der Waals surface area contributed by atoms with Gasteiger partial charge in [-0.2, -0.15) is 0 Å². The molecule has 2 heterocycles. The normalized spacial score (nSPS) is 16.8. The molecule has 2 N–H and O–H groups in total. The summed E-state index contributed by atoms with van der Waals surface area (Å²) in [7, 11) is 0. The number of halogens is 1. The largest absolute Gasteiger partial charge is 0.508 e. The Hall–Kier alpha value is -4.02. The van der Waals surface area contributed by atoms with E-state index >= 15 is 0 Å². The number of rotatable bonds is 6. The number of carbonyl (C=O) groups excluding carboxylic acids is 2. The maximum atomic E-state index is 14.0. The third-order valence-electron chi connectivity index (χ3n) is 6.19. The number of aromatic nitrogens is 2. The molecule has 1 unspecified atom stereocenters. The summed E-state index contributed by atoms with van der Waals surface area (Å²) in [6.45, 7) is 3.67. The van der Waals surface area contributed by atoms with Gasteiger partial charge in [-0.05, 0) is 54.8 Å². The zero-order chi connectivity index (χ0) is 27.0. The van der Waals surface area contributed by atoms with Crippen molar-refractivity contribution >= 4 is 45.7 Å². The van der Waals surface area contributed by atoms with Crippen LogP contribution in [0.4, 0.5) is 9.52 Å². The van der Waals surface area contributed by atoms with Crippen LogP contribution in [-0.4, -0.2) is 32.1 Å². The number of ketones is 1. The van der Waals surface area contributed by atoms with Crippen molar-refractivity contribution < 1.29 is 24.2 Å². The van der Waals surface area contributed by atoms with Gasteiger partial charge in [0.1, 0.15) is 17.3 Å². The van der Waals surface area contributed by atoms with Gasteiger partial charge < -0.3 is 10.2 Å². The van der Waals surface area contributed by atoms with Crippen molar-refractivity contribution in [2.24, 2.45) is 0 Å². The number of Topliss-reactive ketones (excluding diaryl/α,β-unsaturated/α-hetero) is 1. The zero-order valence-electron chi connectivity index (χ0n) is 20.4. The minimum Gasteiger partial charge on any atom is -0.508 e. The SMILES string of the molecule is Cc1ccc(C)c(/C(O)=C2\C(=O)C(=O)N(c3nnc(SCc4ccccc4F)s3)C2c2cccc(O)c2)c1. The van der Waals surface area contributed by atoms with E-state index in [0.29, 0.717) is 26.8 Å². The number of anilines is 1. The lowest BCUT2D eigenvalue weighted by Gasteiger charge is -2.23. The van der Waals surface area contributed by atoms with Crippen LogP contribution in [0.15, 0.2) is 76.6 Å². The van der Waals surface area contributed by atoms with Gasteiger partial charge in [0.25, 0.3) is 5.78 Å². The number of hydrogen-bond donors (Lipinski definition) is 2. The number of hydrogen-bond acceptors (Lipinski definition) is 8. The van der Waals surface area contributed by atoms with Gasteiger partial charge in [0.15, 0.2) is 4.34 Å². The maximum absolute atomic E-state index is 14.0. The second-order valence-corrected chi connectivity index (χ2v) is 11.0. The first-order valence-electron chi connectivity index (χ1n) is 11.6. The van der Waals surface area contributed by atoms with Crippen LogP contribution < -0.4 is 4.90 Å². The minimum absolute atomic E-state index is 0.0572. The maximum Gasteiger partial charge on any atom is 0.301 e. The molecule has 0 spiro atoms. The third kappa shape index (κ3) is 4.80. The fraction of sp³-hybridized carbons (Fsp3) is 0.143. The standard InChI is InChI=1S/C28H22FN3O4S2/c1-15-10-11-16(2)20(12-15)24(34)22-23(17-7-5-8-19(33)13-17)32(26(36)25(22)35)27-30-31-28(38-27)37-14-18-6-3-4-9-21(18)29/h3-13,23,33-34H,14H2,1-2H3/b24-22+. The van der Waals surface area contributed by atoms with Crippen LogP contribution in [0.5, 0.6) is 5.75 Å². The second-order valence-electron chi connectivity index (χ2n) is 8.81. The predicted octanol–water partition coefficient (Wildman–Crippen LogP) is 5.92. The molecule has 1 amide bonds. The van der Waals surface area contributed by atoms with Crippen LogP contribution in [0.25, 0.3) is 5.76 Å². The van der Waals surface area contributed by atoms with Crippen LogP contribution >= 0.6 is 23.1 Å². The number of amides is 1. The van der Waals surface area contributed by atoms with E-state index in [1.54, 1.807) is 43.3 Å². The first kappa shape index (κ1) is 25.6. The van der Waals surface area contributed by atoms with Crippen molar-refractivity contribution in [3.63, 3.8) is 0 Å². The van der Waals surface area contributed by atoms with Gasteiger partial charge in [0.2, 0.25) is 5.13 Å². The van der Waals surface area contributed by atoms with Gasteiger partial charge in [-0.3, -0.25) is 14.5 Å². The highest BCUT2D eigenvalue weighted by Gasteiger charge is 2.48. The highest BCUT2D eigenvalue weighted by atomic mass is 32.2. The number of aliphatic hydroxyl groups excluding tert-OH is 1. The molecule has 0 aliphatic carbocycles. The van der Waals surface area contributed by atoms with Crippen molar-refractivity contribution in [2.75, 3.05) is 4.90 Å². The number of aromatic hydroxyl groups is 1. The Bertz CT molecular complexity index is 1600. The summed E-state index contributed by atoms with van der Waals surface area (Å²) >= 11 is 2.34. The Morgan fingerprint density at radius 1 is 1.05 bits per heavy atom. The number of aryl methyl sites for hydroxylation is 2. The Balaban J connectivity index is 1.58. The fourth-order valence-corrected chi connectivity index (χ4v) is 6.14. The van der Waals surface area contributed by atoms with Crippen LogP contribution in [0.2, 0.25) is 0 Å². The fourth-order valence-electron chi connectivity index (χ4n) is 4.29. The molecule has 1 aliphatic rings. The molecule has 0 radical (unpaired) electrons. The average molecular weight is 548 g/mol. The Kier molecular flexibility index (Phi) is 7.00. The van der Waals surface area contributed by atoms with E-state index < -0.39 is 17.7 Å². The first-order chi connectivity index (χ1) is 18.2. The van der Waals surface area contributed by atoms with Crippen molar-refractivity contribution in [1.82, 2.24) is 10.2 Å². The van der Waals surface area contributed by atoms with Gasteiger partial charge in [-0.15, -0.1) is 10.2 Å². The second kappa shape index (κ2) is 10.4. The lowest BCUT2D eigenvalue weighted by atomic mass is 9.93. The summed E-state index contributed by atoms with van der Waals surface area (Å²) in [5, 5.41) is 30.0. The number of thioether (sulfide) groups is 1. The topological polar surface area (TPSA) is 104 Å². The molecule has 192 valence electrons. The summed E-state index contributed by atoms with van der Waals surface area (Å²) in [5.74, 6) is -2.12. The number of carbonyl (C=O) groups is 2. The molecule has 3 aromatic carbocycles. The summed E-state index contributed by atoms with van der Waals surface area (Å²) < 4.78 is 14.5. The van der Waals surface area contributed by atoms with Gasteiger partial charge in [-0.25, -0.2) is 4.39 Å². The molecular weight excluding hydrogens is 525 g/mol. The molecule has 7 nitrogen and oxygen atoms in total. The summed E-state index contributed by atoms with van der Waals surface area (Å²) in [6.07, 6.45) is 0. The predicted molar refractivity (Wildman–Crippen MR) is 145 cm³/mol. The number of phenols is 1. The van der Waals surface area contributed by atoms with E-state index in [9.17, 15) is 24.2 Å². The number of phenolic OH excluding ortho intramolecular Hbond substituents is 1. The van der Waals surface area contributed by atoms with Crippen molar-refractivity contribution in [1.29, 1.82) is 0 Å². The van der Waals surface area contributed by atoms with E-state index in [4.69, 9.17) is 0 Å².